The number of para-hydroxylation sites is 1. The number of aldehydes is 1. The number of amides is 1. The predicted molar refractivity (Wildman–Crippen MR) is 179 cm³/mol. The smallest absolute Gasteiger partial charge is 0.253 e. The van der Waals surface area contributed by atoms with Crippen LogP contribution in [0.5, 0.6) is 0 Å². The van der Waals surface area contributed by atoms with E-state index in [9.17, 15) is 13.8 Å². The van der Waals surface area contributed by atoms with Crippen LogP contribution in [0.4, 0.5) is 5.69 Å². The molecule has 1 unspecified atom stereocenters. The molecule has 2 rings (SSSR count). The van der Waals surface area contributed by atoms with Gasteiger partial charge < -0.3 is 20.4 Å². The van der Waals surface area contributed by atoms with Crippen LogP contribution in [0, 0.1) is 13.8 Å². The number of nitrogens with zero attached hydrogens (tertiary/aromatic N) is 3. The van der Waals surface area contributed by atoms with Crippen LogP contribution >= 0.6 is 0 Å². The zero-order chi connectivity index (χ0) is 32.3. The molecule has 0 saturated heterocycles. The fourth-order valence-corrected chi connectivity index (χ4v) is 5.38. The van der Waals surface area contributed by atoms with E-state index in [2.05, 4.69) is 34.0 Å². The van der Waals surface area contributed by atoms with Gasteiger partial charge in [0.05, 0.1) is 26.9 Å². The monoisotopic (exact) mass is 605 g/mol. The minimum atomic E-state index is -1.16. The lowest BCUT2D eigenvalue weighted by Gasteiger charge is -2.32. The first-order valence-electron chi connectivity index (χ1n) is 14.4. The Kier molecular flexibility index (Phi) is 13.6. The number of allylic oxidation sites excluding steroid dienone is 5. The molecule has 0 fully saturated rings. The Labute approximate surface area is 260 Å². The van der Waals surface area contributed by atoms with E-state index in [4.69, 9.17) is 0 Å². The molecular weight excluding hydrogens is 558 g/mol. The molecule has 1 heterocycles. The summed E-state index contributed by atoms with van der Waals surface area (Å²) >= 11 is 0. The molecule has 2 aromatic rings. The van der Waals surface area contributed by atoms with E-state index in [0.717, 1.165) is 50.7 Å². The van der Waals surface area contributed by atoms with E-state index in [0.29, 0.717) is 30.8 Å². The number of carbonyl (C=O) groups is 2. The van der Waals surface area contributed by atoms with Gasteiger partial charge in [0, 0.05) is 63.5 Å². The molecule has 1 amide bonds. The number of hydrogen-bond acceptors (Lipinski definition) is 7. The Bertz CT molecular complexity index is 1440. The van der Waals surface area contributed by atoms with Crippen LogP contribution in [-0.2, 0) is 15.6 Å². The molecule has 0 bridgehead atoms. The summed E-state index contributed by atoms with van der Waals surface area (Å²) < 4.78 is 12.3. The van der Waals surface area contributed by atoms with Crippen molar-refractivity contribution in [3.63, 3.8) is 0 Å². The van der Waals surface area contributed by atoms with Crippen LogP contribution in [-0.4, -0.2) is 77.2 Å². The molecule has 2 atom stereocenters. The summed E-state index contributed by atoms with van der Waals surface area (Å²) in [6.07, 6.45) is 7.93. The number of pyridine rings is 1. The van der Waals surface area contributed by atoms with Gasteiger partial charge in [0.1, 0.15) is 5.82 Å². The quantitative estimate of drug-likeness (QED) is 0.159. The summed E-state index contributed by atoms with van der Waals surface area (Å²) in [5, 5.41) is 6.52. The molecular formula is C34H47N5O3S. The van der Waals surface area contributed by atoms with Gasteiger partial charge >= 0.3 is 0 Å². The Balaban J connectivity index is 2.47. The molecule has 0 aliphatic heterocycles. The third-order valence-corrected chi connectivity index (χ3v) is 8.06. The number of anilines is 1. The van der Waals surface area contributed by atoms with Gasteiger partial charge in [-0.25, -0.2) is 0 Å². The number of nitrogens with one attached hydrogen (secondary N) is 2. The Morgan fingerprint density at radius 1 is 1.16 bits per heavy atom. The molecule has 1 aromatic heterocycles. The van der Waals surface area contributed by atoms with Crippen LogP contribution in [0.3, 0.4) is 0 Å². The van der Waals surface area contributed by atoms with Crippen LogP contribution in [0.2, 0.25) is 0 Å². The van der Waals surface area contributed by atoms with Crippen molar-refractivity contribution < 1.29 is 13.8 Å². The van der Waals surface area contributed by atoms with E-state index in [1.54, 1.807) is 18.5 Å². The van der Waals surface area contributed by atoms with Gasteiger partial charge in [-0.05, 0) is 88.6 Å². The highest BCUT2D eigenvalue weighted by molar-refractivity contribution is 7.84. The van der Waals surface area contributed by atoms with Crippen molar-refractivity contribution in [2.24, 2.45) is 0 Å². The zero-order valence-electron chi connectivity index (χ0n) is 27.1. The molecule has 8 nitrogen and oxygen atoms in total. The van der Waals surface area contributed by atoms with Crippen LogP contribution in [0.25, 0.3) is 0 Å². The maximum Gasteiger partial charge on any atom is 0.253 e. The molecule has 0 radical (unpaired) electrons. The molecule has 0 spiro atoms. The van der Waals surface area contributed by atoms with Gasteiger partial charge in [-0.2, -0.15) is 0 Å². The fraction of sp³-hybridized carbons (Fsp3) is 0.382. The largest absolute Gasteiger partial charge is 0.378 e. The summed E-state index contributed by atoms with van der Waals surface area (Å²) in [6.45, 7) is 17.4. The number of benzene rings is 1. The van der Waals surface area contributed by atoms with Crippen LogP contribution in [0.15, 0.2) is 88.3 Å². The molecule has 0 aliphatic rings. The molecule has 232 valence electrons. The summed E-state index contributed by atoms with van der Waals surface area (Å²) in [6, 6.07) is 9.24. The molecule has 43 heavy (non-hydrogen) atoms. The summed E-state index contributed by atoms with van der Waals surface area (Å²) in [7, 11) is 2.75. The third-order valence-electron chi connectivity index (χ3n) is 7.08. The highest BCUT2D eigenvalue weighted by Crippen LogP contribution is 2.26. The molecule has 0 aliphatic carbocycles. The van der Waals surface area contributed by atoms with Crippen LogP contribution < -0.4 is 10.6 Å². The minimum Gasteiger partial charge on any atom is -0.378 e. The lowest BCUT2D eigenvalue weighted by Crippen LogP contribution is -2.38. The Hall–Kier alpha value is -3.98. The molecule has 2 N–H and O–H groups in total. The van der Waals surface area contributed by atoms with Crippen molar-refractivity contribution in [2.75, 3.05) is 45.3 Å². The fourth-order valence-electron chi connectivity index (χ4n) is 4.68. The summed E-state index contributed by atoms with van der Waals surface area (Å²) in [5.74, 6) is 0.727. The molecule has 1 aromatic carbocycles. The Morgan fingerprint density at radius 2 is 1.84 bits per heavy atom. The summed E-state index contributed by atoms with van der Waals surface area (Å²) in [5.41, 5.74) is 6.07. The van der Waals surface area contributed by atoms with Gasteiger partial charge in [0.25, 0.3) is 5.91 Å². The first-order chi connectivity index (χ1) is 20.3. The number of aromatic nitrogens is 1. The lowest BCUT2D eigenvalue weighted by atomic mass is 9.95. The van der Waals surface area contributed by atoms with E-state index in [-0.39, 0.29) is 11.9 Å². The van der Waals surface area contributed by atoms with Crippen molar-refractivity contribution in [3.8, 4) is 0 Å². The SMILES string of the molecule is C=C(C)\C=C(C=O)/C(/C=C(\N(C)C)N(CC)CCNC(=O)c1cnc(C)cc1C)=C(\C)[C@@H](C)Nc1ccccc1S(C)=O. The molecule has 9 heteroatoms. The number of likely N-dealkylation sites (N-methyl/N-ethyl adjacent to an activating group) is 1. The third kappa shape index (κ3) is 10.1. The van der Waals surface area contributed by atoms with Gasteiger partial charge in [-0.1, -0.05) is 24.3 Å². The van der Waals surface area contributed by atoms with Crippen molar-refractivity contribution in [2.45, 2.75) is 52.5 Å². The van der Waals surface area contributed by atoms with Crippen molar-refractivity contribution in [1.29, 1.82) is 0 Å². The standard InChI is InChI=1S/C34H47N5O3S/c1-11-39(17-16-35-34(41)30-21-36-25(5)19-24(30)4)33(38(8)9)20-29(28(22-40)18-23(2)3)26(6)27(7)37-31-14-12-13-15-32(31)43(10)42/h12-15,18-22,27,37H,2,11,16-17H2,1,3-10H3,(H,35,41)/b28-18-,29-26+,33-20+/t27-,43?/m1/s1. The number of rotatable bonds is 15. The highest BCUT2D eigenvalue weighted by Gasteiger charge is 2.19. The normalized spacial score (nSPS) is 13.9. The lowest BCUT2D eigenvalue weighted by molar-refractivity contribution is -0.104. The predicted octanol–water partition coefficient (Wildman–Crippen LogP) is 5.41. The van der Waals surface area contributed by atoms with E-state index in [1.807, 2.05) is 90.0 Å². The minimum absolute atomic E-state index is 0.159. The maximum absolute atomic E-state index is 12.9. The first kappa shape index (κ1) is 35.2. The second-order valence-corrected chi connectivity index (χ2v) is 12.2. The second-order valence-electron chi connectivity index (χ2n) is 10.9. The average Bonchev–Trinajstić information content (AvgIpc) is 2.94. The van der Waals surface area contributed by atoms with Crippen molar-refractivity contribution in [3.05, 3.63) is 100 Å². The zero-order valence-corrected chi connectivity index (χ0v) is 27.9. The average molecular weight is 606 g/mol. The van der Waals surface area contributed by atoms with E-state index >= 15 is 0 Å². The number of carbonyl (C=O) groups excluding carboxylic acids is 2. The first-order valence-corrected chi connectivity index (χ1v) is 15.9. The van der Waals surface area contributed by atoms with Crippen molar-refractivity contribution in [1.82, 2.24) is 20.1 Å². The second kappa shape index (κ2) is 16.6. The van der Waals surface area contributed by atoms with Gasteiger partial charge in [0.2, 0.25) is 0 Å². The van der Waals surface area contributed by atoms with Gasteiger partial charge in [0.15, 0.2) is 6.29 Å². The number of aryl methyl sites for hydroxylation is 2. The maximum atomic E-state index is 12.9. The topological polar surface area (TPSA) is 94.6 Å². The summed E-state index contributed by atoms with van der Waals surface area (Å²) in [4.78, 5) is 34.4. The van der Waals surface area contributed by atoms with Gasteiger partial charge in [-0.15, -0.1) is 0 Å². The highest BCUT2D eigenvalue weighted by atomic mass is 32.2. The molecule has 0 saturated carbocycles. The van der Waals surface area contributed by atoms with Crippen molar-refractivity contribution >= 4 is 28.7 Å². The van der Waals surface area contributed by atoms with E-state index < -0.39 is 10.8 Å². The Morgan fingerprint density at radius 3 is 2.40 bits per heavy atom. The number of hydrogen-bond donors (Lipinski definition) is 2. The van der Waals surface area contributed by atoms with Crippen LogP contribution in [0.1, 0.15) is 49.3 Å². The van der Waals surface area contributed by atoms with E-state index in [1.165, 1.54) is 0 Å². The van der Waals surface area contributed by atoms with Gasteiger partial charge in [-0.3, -0.25) is 18.8 Å².